The van der Waals surface area contributed by atoms with Crippen molar-refractivity contribution in [3.05, 3.63) is 60.2 Å². The van der Waals surface area contributed by atoms with E-state index in [0.717, 1.165) is 38.5 Å². The largest absolute Gasteiger partial charge is 0.573 e. The summed E-state index contributed by atoms with van der Waals surface area (Å²) in [5.41, 5.74) is 3.15. The molecule has 0 bridgehead atoms. The molecule has 0 aliphatic carbocycles. The third-order valence-electron chi connectivity index (χ3n) is 4.43. The van der Waals surface area contributed by atoms with Crippen molar-refractivity contribution in [1.29, 1.82) is 0 Å². The average Bonchev–Trinajstić information content (AvgIpc) is 2.97. The van der Waals surface area contributed by atoms with E-state index in [-0.39, 0.29) is 12.4 Å². The smallest absolute Gasteiger partial charge is 0.406 e. The number of aliphatic hydroxyl groups is 1. The molecule has 0 saturated carbocycles. The molecule has 0 amide bonds. The minimum atomic E-state index is -4.72. The first-order chi connectivity index (χ1) is 12.9. The van der Waals surface area contributed by atoms with Crippen molar-refractivity contribution >= 4 is 21.7 Å². The zero-order chi connectivity index (χ0) is 19.2. The minimum Gasteiger partial charge on any atom is -0.406 e. The van der Waals surface area contributed by atoms with Gasteiger partial charge in [-0.1, -0.05) is 18.2 Å². The second-order valence-corrected chi connectivity index (χ2v) is 6.22. The molecule has 3 aromatic carbocycles. The van der Waals surface area contributed by atoms with Crippen molar-refractivity contribution in [1.82, 2.24) is 9.78 Å². The SMILES string of the molecule is Cn1nc2c(ccc3cc(CO)ccc32)c1-c1ccc(OC(F)(F)F)cc1. The van der Waals surface area contributed by atoms with Gasteiger partial charge in [0.25, 0.3) is 0 Å². The van der Waals surface area contributed by atoms with Crippen LogP contribution >= 0.6 is 0 Å². The first-order valence-electron chi connectivity index (χ1n) is 8.21. The fraction of sp³-hybridized carbons (Fsp3) is 0.150. The molecule has 27 heavy (non-hydrogen) atoms. The Morgan fingerprint density at radius 1 is 1.00 bits per heavy atom. The molecular weight excluding hydrogens is 357 g/mol. The van der Waals surface area contributed by atoms with Crippen LogP contribution in [0.15, 0.2) is 54.6 Å². The molecule has 0 spiro atoms. The van der Waals surface area contributed by atoms with Crippen LogP contribution in [0.25, 0.3) is 32.9 Å². The number of fused-ring (bicyclic) bond motifs is 3. The Kier molecular flexibility index (Phi) is 4.04. The Bertz CT molecular complexity index is 1130. The van der Waals surface area contributed by atoms with Crippen LogP contribution in [0.4, 0.5) is 13.2 Å². The van der Waals surface area contributed by atoms with Gasteiger partial charge in [0.05, 0.1) is 12.3 Å². The molecule has 0 atom stereocenters. The van der Waals surface area contributed by atoms with Gasteiger partial charge in [-0.25, -0.2) is 0 Å². The number of benzene rings is 3. The molecular formula is C20H15F3N2O2. The van der Waals surface area contributed by atoms with E-state index in [9.17, 15) is 18.3 Å². The number of nitrogens with zero attached hydrogens (tertiary/aromatic N) is 2. The first-order valence-corrected chi connectivity index (χ1v) is 8.21. The summed E-state index contributed by atoms with van der Waals surface area (Å²) < 4.78 is 42.7. The summed E-state index contributed by atoms with van der Waals surface area (Å²) in [6.07, 6.45) is -4.72. The summed E-state index contributed by atoms with van der Waals surface area (Å²) in [6, 6.07) is 15.3. The van der Waals surface area contributed by atoms with Crippen molar-refractivity contribution in [2.75, 3.05) is 0 Å². The van der Waals surface area contributed by atoms with Gasteiger partial charge in [0.2, 0.25) is 0 Å². The lowest BCUT2D eigenvalue weighted by Gasteiger charge is -2.09. The molecule has 0 aliphatic heterocycles. The second kappa shape index (κ2) is 6.28. The van der Waals surface area contributed by atoms with Gasteiger partial charge in [-0.3, -0.25) is 4.68 Å². The summed E-state index contributed by atoms with van der Waals surface area (Å²) in [5, 5.41) is 16.7. The van der Waals surface area contributed by atoms with Gasteiger partial charge in [0.1, 0.15) is 11.3 Å². The molecule has 1 aromatic heterocycles. The van der Waals surface area contributed by atoms with Crippen LogP contribution < -0.4 is 4.74 Å². The maximum absolute atomic E-state index is 12.3. The van der Waals surface area contributed by atoms with Gasteiger partial charge < -0.3 is 9.84 Å². The van der Waals surface area contributed by atoms with Gasteiger partial charge >= 0.3 is 6.36 Å². The lowest BCUT2D eigenvalue weighted by molar-refractivity contribution is -0.274. The van der Waals surface area contributed by atoms with Crippen molar-refractivity contribution in [3.63, 3.8) is 0 Å². The fourth-order valence-corrected chi connectivity index (χ4v) is 3.29. The Balaban J connectivity index is 1.82. The van der Waals surface area contributed by atoms with Crippen molar-refractivity contribution in [3.8, 4) is 17.0 Å². The highest BCUT2D eigenvalue weighted by Gasteiger charge is 2.31. The van der Waals surface area contributed by atoms with Crippen molar-refractivity contribution in [2.45, 2.75) is 13.0 Å². The topological polar surface area (TPSA) is 47.3 Å². The summed E-state index contributed by atoms with van der Waals surface area (Å²) in [6.45, 7) is -0.0339. The normalized spacial score (nSPS) is 12.0. The lowest BCUT2D eigenvalue weighted by Crippen LogP contribution is -2.16. The predicted molar refractivity (Wildman–Crippen MR) is 96.3 cm³/mol. The van der Waals surface area contributed by atoms with E-state index >= 15 is 0 Å². The highest BCUT2D eigenvalue weighted by molar-refractivity contribution is 6.09. The Labute approximate surface area is 152 Å². The summed E-state index contributed by atoms with van der Waals surface area (Å²) in [7, 11) is 1.80. The van der Waals surface area contributed by atoms with E-state index in [1.165, 1.54) is 12.1 Å². The van der Waals surface area contributed by atoms with E-state index < -0.39 is 6.36 Å². The molecule has 1 heterocycles. The van der Waals surface area contributed by atoms with Crippen LogP contribution in [0.1, 0.15) is 5.56 Å². The predicted octanol–water partition coefficient (Wildman–Crippen LogP) is 4.78. The Morgan fingerprint density at radius 2 is 1.70 bits per heavy atom. The molecule has 7 heteroatoms. The van der Waals surface area contributed by atoms with E-state index in [1.54, 1.807) is 23.9 Å². The number of alkyl halides is 3. The lowest BCUT2D eigenvalue weighted by atomic mass is 10.0. The number of halogens is 3. The molecule has 0 saturated heterocycles. The fourth-order valence-electron chi connectivity index (χ4n) is 3.29. The molecule has 1 N–H and O–H groups in total. The summed E-state index contributed by atoms with van der Waals surface area (Å²) >= 11 is 0. The summed E-state index contributed by atoms with van der Waals surface area (Å²) in [4.78, 5) is 0. The van der Waals surface area contributed by atoms with Gasteiger partial charge in [-0.05, 0) is 47.3 Å². The zero-order valence-electron chi connectivity index (χ0n) is 14.3. The molecule has 0 radical (unpaired) electrons. The first kappa shape index (κ1) is 17.4. The van der Waals surface area contributed by atoms with Crippen LogP contribution in [-0.4, -0.2) is 21.2 Å². The number of rotatable bonds is 3. The molecule has 4 aromatic rings. The van der Waals surface area contributed by atoms with Gasteiger partial charge in [0.15, 0.2) is 0 Å². The number of aromatic nitrogens is 2. The van der Waals surface area contributed by atoms with E-state index in [1.807, 2.05) is 30.3 Å². The van der Waals surface area contributed by atoms with Gasteiger partial charge in [-0.2, -0.15) is 5.10 Å². The molecule has 0 aliphatic rings. The van der Waals surface area contributed by atoms with Gasteiger partial charge in [0, 0.05) is 23.4 Å². The molecule has 4 rings (SSSR count). The van der Waals surface area contributed by atoms with Crippen molar-refractivity contribution in [2.24, 2.45) is 7.05 Å². The van der Waals surface area contributed by atoms with Crippen LogP contribution in [0, 0.1) is 0 Å². The third-order valence-corrected chi connectivity index (χ3v) is 4.43. The maximum Gasteiger partial charge on any atom is 0.573 e. The maximum atomic E-state index is 12.3. The number of hydrogen-bond donors (Lipinski definition) is 1. The van der Waals surface area contributed by atoms with Crippen LogP contribution in [0.3, 0.4) is 0 Å². The standard InChI is InChI=1S/C20H15F3N2O2/c1-25-19(13-3-6-15(7-4-13)27-20(21,22)23)17-9-5-14-10-12(11-26)2-8-16(14)18(17)24-25/h2-10,26H,11H2,1H3. The number of aryl methyl sites for hydroxylation is 1. The minimum absolute atomic E-state index is 0.0339. The van der Waals surface area contributed by atoms with Crippen LogP contribution in [0.5, 0.6) is 5.75 Å². The summed E-state index contributed by atoms with van der Waals surface area (Å²) in [5.74, 6) is -0.264. The number of hydrogen-bond acceptors (Lipinski definition) is 3. The highest BCUT2D eigenvalue weighted by atomic mass is 19.4. The van der Waals surface area contributed by atoms with E-state index in [4.69, 9.17) is 0 Å². The molecule has 4 nitrogen and oxygen atoms in total. The van der Waals surface area contributed by atoms with E-state index in [0.29, 0.717) is 0 Å². The van der Waals surface area contributed by atoms with Crippen LogP contribution in [0.2, 0.25) is 0 Å². The van der Waals surface area contributed by atoms with Crippen molar-refractivity contribution < 1.29 is 23.0 Å². The molecule has 138 valence electrons. The number of aliphatic hydroxyl groups excluding tert-OH is 1. The zero-order valence-corrected chi connectivity index (χ0v) is 14.3. The van der Waals surface area contributed by atoms with Gasteiger partial charge in [-0.15, -0.1) is 13.2 Å². The Morgan fingerprint density at radius 3 is 2.37 bits per heavy atom. The van der Waals surface area contributed by atoms with E-state index in [2.05, 4.69) is 9.84 Å². The number of ether oxygens (including phenoxy) is 1. The average molecular weight is 372 g/mol. The second-order valence-electron chi connectivity index (χ2n) is 6.22. The third kappa shape index (κ3) is 3.21. The molecule has 0 unspecified atom stereocenters. The molecule has 0 fully saturated rings. The quantitative estimate of drug-likeness (QED) is 0.563. The monoisotopic (exact) mass is 372 g/mol. The Hall–Kier alpha value is -3.06. The van der Waals surface area contributed by atoms with Crippen LogP contribution in [-0.2, 0) is 13.7 Å². The highest BCUT2D eigenvalue weighted by Crippen LogP contribution is 2.34.